The van der Waals surface area contributed by atoms with Crippen LogP contribution in [-0.2, 0) is 4.79 Å². The molecular weight excluding hydrogens is 298 g/mol. The maximum Gasteiger partial charge on any atom is 0.261 e. The van der Waals surface area contributed by atoms with Crippen LogP contribution < -0.4 is 10.6 Å². The molecule has 1 aromatic heterocycles. The molecule has 22 heavy (non-hydrogen) atoms. The van der Waals surface area contributed by atoms with Gasteiger partial charge in [-0.05, 0) is 37.3 Å². The van der Waals surface area contributed by atoms with E-state index in [9.17, 15) is 9.59 Å². The van der Waals surface area contributed by atoms with Gasteiger partial charge in [0.1, 0.15) is 0 Å². The molecule has 0 saturated carbocycles. The van der Waals surface area contributed by atoms with E-state index >= 15 is 0 Å². The molecule has 2 amide bonds. The smallest absolute Gasteiger partial charge is 0.261 e. The van der Waals surface area contributed by atoms with Gasteiger partial charge in [0.05, 0.1) is 4.88 Å². The number of nitrogens with one attached hydrogen (secondary N) is 2. The monoisotopic (exact) mass is 323 g/mol. The first-order chi connectivity index (χ1) is 10.7. The van der Waals surface area contributed by atoms with Crippen molar-refractivity contribution >= 4 is 23.2 Å². The molecule has 0 aliphatic carbocycles. The van der Waals surface area contributed by atoms with Gasteiger partial charge in [0.25, 0.3) is 5.91 Å². The minimum Gasteiger partial charge on any atom is -0.353 e. The van der Waals surface area contributed by atoms with Crippen LogP contribution in [0.1, 0.15) is 42.3 Å². The summed E-state index contributed by atoms with van der Waals surface area (Å²) in [5.41, 5.74) is 0. The topological polar surface area (TPSA) is 61.4 Å². The maximum atomic E-state index is 11.9. The van der Waals surface area contributed by atoms with E-state index in [4.69, 9.17) is 0 Å². The normalized spacial score (nSPS) is 16.4. The molecule has 0 bridgehead atoms. The second kappa shape index (κ2) is 8.90. The third kappa shape index (κ3) is 5.42. The zero-order chi connectivity index (χ0) is 15.8. The maximum absolute atomic E-state index is 11.9. The predicted molar refractivity (Wildman–Crippen MR) is 89.2 cm³/mol. The average Bonchev–Trinajstić information content (AvgIpc) is 3.04. The lowest BCUT2D eigenvalue weighted by Crippen LogP contribution is -2.45. The summed E-state index contributed by atoms with van der Waals surface area (Å²) in [6.07, 6.45) is 3.56. The van der Waals surface area contributed by atoms with Gasteiger partial charge in [-0.15, -0.1) is 11.3 Å². The summed E-state index contributed by atoms with van der Waals surface area (Å²) in [6.45, 7) is 5.85. The quantitative estimate of drug-likeness (QED) is 0.805. The van der Waals surface area contributed by atoms with E-state index in [1.807, 2.05) is 11.4 Å². The first kappa shape index (κ1) is 17.0. The first-order valence-electron chi connectivity index (χ1n) is 8.02. The fourth-order valence-corrected chi connectivity index (χ4v) is 3.34. The van der Waals surface area contributed by atoms with Crippen LogP contribution in [0, 0.1) is 0 Å². The van der Waals surface area contributed by atoms with E-state index in [0.29, 0.717) is 17.8 Å². The Balaban J connectivity index is 1.59. The zero-order valence-electron chi connectivity index (χ0n) is 13.1. The van der Waals surface area contributed by atoms with Gasteiger partial charge in [0, 0.05) is 32.1 Å². The van der Waals surface area contributed by atoms with Gasteiger partial charge in [-0.25, -0.2) is 0 Å². The Kier molecular flexibility index (Phi) is 6.86. The highest BCUT2D eigenvalue weighted by Gasteiger charge is 2.19. The highest BCUT2D eigenvalue weighted by atomic mass is 32.1. The fraction of sp³-hybridized carbons (Fsp3) is 0.625. The lowest BCUT2D eigenvalue weighted by Gasteiger charge is -2.32. The van der Waals surface area contributed by atoms with Crippen molar-refractivity contribution in [2.24, 2.45) is 0 Å². The van der Waals surface area contributed by atoms with Gasteiger partial charge in [0.15, 0.2) is 0 Å². The number of hydrogen-bond acceptors (Lipinski definition) is 4. The molecule has 6 heteroatoms. The predicted octanol–water partition coefficient (Wildman–Crippen LogP) is 1.86. The molecule has 1 aliphatic heterocycles. The molecule has 0 atom stereocenters. The number of carbonyl (C=O) groups is 2. The summed E-state index contributed by atoms with van der Waals surface area (Å²) in [4.78, 5) is 26.8. The van der Waals surface area contributed by atoms with Crippen LogP contribution in [0.3, 0.4) is 0 Å². The third-order valence-electron chi connectivity index (χ3n) is 3.88. The lowest BCUT2D eigenvalue weighted by atomic mass is 10.0. The SMILES string of the molecule is CCCN1CCC(NC(=O)CCNC(=O)c2cccs2)CC1. The van der Waals surface area contributed by atoms with Crippen LogP contribution in [0.25, 0.3) is 0 Å². The minimum atomic E-state index is -0.101. The number of likely N-dealkylation sites (tertiary alicyclic amines) is 1. The van der Waals surface area contributed by atoms with Crippen molar-refractivity contribution in [3.05, 3.63) is 22.4 Å². The van der Waals surface area contributed by atoms with Crippen LogP contribution >= 0.6 is 11.3 Å². The van der Waals surface area contributed by atoms with Crippen LogP contribution in [-0.4, -0.2) is 48.9 Å². The number of piperidine rings is 1. The van der Waals surface area contributed by atoms with Crippen LogP contribution in [0.15, 0.2) is 17.5 Å². The molecular formula is C16H25N3O2S. The largest absolute Gasteiger partial charge is 0.353 e. The summed E-state index contributed by atoms with van der Waals surface area (Å²) in [7, 11) is 0. The fourth-order valence-electron chi connectivity index (χ4n) is 2.70. The number of amides is 2. The average molecular weight is 323 g/mol. The summed E-state index contributed by atoms with van der Waals surface area (Å²) in [5, 5.41) is 7.72. The second-order valence-electron chi connectivity index (χ2n) is 5.67. The Morgan fingerprint density at radius 2 is 2.14 bits per heavy atom. The molecule has 0 aromatic carbocycles. The van der Waals surface area contributed by atoms with Crippen LogP contribution in [0.2, 0.25) is 0 Å². The molecule has 2 rings (SSSR count). The Labute approximate surface area is 136 Å². The van der Waals surface area contributed by atoms with E-state index in [1.54, 1.807) is 6.07 Å². The summed E-state index contributed by atoms with van der Waals surface area (Å²) < 4.78 is 0. The van der Waals surface area contributed by atoms with Crippen molar-refractivity contribution in [2.75, 3.05) is 26.2 Å². The Hall–Kier alpha value is -1.40. The van der Waals surface area contributed by atoms with E-state index in [2.05, 4.69) is 22.5 Å². The lowest BCUT2D eigenvalue weighted by molar-refractivity contribution is -0.121. The minimum absolute atomic E-state index is 0.0282. The molecule has 122 valence electrons. The van der Waals surface area contributed by atoms with E-state index < -0.39 is 0 Å². The van der Waals surface area contributed by atoms with Gasteiger partial charge >= 0.3 is 0 Å². The number of thiophene rings is 1. The second-order valence-corrected chi connectivity index (χ2v) is 6.61. The number of rotatable bonds is 7. The molecule has 2 heterocycles. The van der Waals surface area contributed by atoms with Crippen LogP contribution in [0.4, 0.5) is 0 Å². The Bertz CT molecular complexity index is 468. The molecule has 1 fully saturated rings. The molecule has 1 saturated heterocycles. The van der Waals surface area contributed by atoms with Gasteiger partial charge in [0.2, 0.25) is 5.91 Å². The van der Waals surface area contributed by atoms with Crippen molar-refractivity contribution < 1.29 is 9.59 Å². The van der Waals surface area contributed by atoms with Crippen molar-refractivity contribution in [2.45, 2.75) is 38.6 Å². The van der Waals surface area contributed by atoms with E-state index in [-0.39, 0.29) is 17.9 Å². The van der Waals surface area contributed by atoms with Crippen molar-refractivity contribution in [1.82, 2.24) is 15.5 Å². The first-order valence-corrected chi connectivity index (χ1v) is 8.90. The summed E-state index contributed by atoms with van der Waals surface area (Å²) >= 11 is 1.41. The Morgan fingerprint density at radius 1 is 1.36 bits per heavy atom. The highest BCUT2D eigenvalue weighted by Crippen LogP contribution is 2.11. The number of nitrogens with zero attached hydrogens (tertiary/aromatic N) is 1. The summed E-state index contributed by atoms with van der Waals surface area (Å²) in [5.74, 6) is -0.0731. The molecule has 0 spiro atoms. The summed E-state index contributed by atoms with van der Waals surface area (Å²) in [6, 6.07) is 3.91. The van der Waals surface area contributed by atoms with Crippen molar-refractivity contribution in [3.63, 3.8) is 0 Å². The molecule has 0 radical (unpaired) electrons. The number of carbonyl (C=O) groups excluding carboxylic acids is 2. The molecule has 1 aromatic rings. The molecule has 5 nitrogen and oxygen atoms in total. The van der Waals surface area contributed by atoms with Gasteiger partial charge in [-0.1, -0.05) is 13.0 Å². The zero-order valence-corrected chi connectivity index (χ0v) is 14.0. The van der Waals surface area contributed by atoms with Crippen molar-refractivity contribution in [3.8, 4) is 0 Å². The van der Waals surface area contributed by atoms with Gasteiger partial charge in [-0.3, -0.25) is 9.59 Å². The Morgan fingerprint density at radius 3 is 2.77 bits per heavy atom. The van der Waals surface area contributed by atoms with Crippen LogP contribution in [0.5, 0.6) is 0 Å². The molecule has 2 N–H and O–H groups in total. The highest BCUT2D eigenvalue weighted by molar-refractivity contribution is 7.12. The standard InChI is InChI=1S/C16H25N3O2S/c1-2-9-19-10-6-13(7-11-19)18-15(20)5-8-17-16(21)14-4-3-12-22-14/h3-4,12-13H,2,5-11H2,1H3,(H,17,21)(H,18,20). The van der Waals surface area contributed by atoms with E-state index in [0.717, 1.165) is 32.5 Å². The van der Waals surface area contributed by atoms with Crippen molar-refractivity contribution in [1.29, 1.82) is 0 Å². The third-order valence-corrected chi connectivity index (χ3v) is 4.74. The van der Waals surface area contributed by atoms with Gasteiger partial charge < -0.3 is 15.5 Å². The van der Waals surface area contributed by atoms with E-state index in [1.165, 1.54) is 17.8 Å². The number of hydrogen-bond donors (Lipinski definition) is 2. The molecule has 0 unspecified atom stereocenters. The van der Waals surface area contributed by atoms with Gasteiger partial charge in [-0.2, -0.15) is 0 Å². The molecule has 1 aliphatic rings.